The zero-order chi connectivity index (χ0) is 27.4. The van der Waals surface area contributed by atoms with Crippen LogP contribution in [0.1, 0.15) is 129 Å². The molecule has 7 heteroatoms. The third kappa shape index (κ3) is 13.2. The van der Waals surface area contributed by atoms with E-state index in [2.05, 4.69) is 17.3 Å². The lowest BCUT2D eigenvalue weighted by Gasteiger charge is -2.12. The van der Waals surface area contributed by atoms with Crippen LogP contribution in [0.5, 0.6) is 0 Å². The van der Waals surface area contributed by atoms with Crippen molar-refractivity contribution in [1.82, 2.24) is 5.32 Å². The second-order valence-corrected chi connectivity index (χ2v) is 10.6. The number of hydrazone groups is 1. The third-order valence-electron chi connectivity index (χ3n) is 7.25. The SMILES string of the molecule is CCCCCCCCCCCCCCCCCC[C@@H](CC(=O)NC1=NN(c2ccccc2)C(=O)C1)C(=O)O. The molecule has 38 heavy (non-hydrogen) atoms. The molecule has 7 nitrogen and oxygen atoms in total. The van der Waals surface area contributed by atoms with Crippen LogP contribution in [-0.4, -0.2) is 28.7 Å². The van der Waals surface area contributed by atoms with Crippen LogP contribution < -0.4 is 10.3 Å². The number of unbranched alkanes of at least 4 members (excludes halogenated alkanes) is 15. The Balaban J connectivity index is 1.51. The number of benzene rings is 1. The van der Waals surface area contributed by atoms with E-state index < -0.39 is 17.8 Å². The number of rotatable bonds is 21. The topological polar surface area (TPSA) is 99.1 Å². The summed E-state index contributed by atoms with van der Waals surface area (Å²) in [7, 11) is 0. The van der Waals surface area contributed by atoms with Crippen LogP contribution in [0.15, 0.2) is 35.4 Å². The van der Waals surface area contributed by atoms with Gasteiger partial charge in [0.1, 0.15) is 5.84 Å². The average molecular weight is 528 g/mol. The molecule has 0 spiro atoms. The van der Waals surface area contributed by atoms with Crippen molar-refractivity contribution in [3.8, 4) is 0 Å². The van der Waals surface area contributed by atoms with E-state index in [9.17, 15) is 19.5 Å². The monoisotopic (exact) mass is 527 g/mol. The maximum atomic E-state index is 12.5. The molecule has 0 fully saturated rings. The maximum absolute atomic E-state index is 12.5. The lowest BCUT2D eigenvalue weighted by atomic mass is 9.96. The Kier molecular flexibility index (Phi) is 16.1. The zero-order valence-corrected chi connectivity index (χ0v) is 23.5. The molecule has 1 aromatic carbocycles. The number of carboxylic acids is 1. The van der Waals surface area contributed by atoms with Gasteiger partial charge in [-0.2, -0.15) is 10.1 Å². The zero-order valence-electron chi connectivity index (χ0n) is 23.5. The number of aliphatic carboxylic acids is 1. The van der Waals surface area contributed by atoms with E-state index in [1.807, 2.05) is 18.2 Å². The highest BCUT2D eigenvalue weighted by molar-refractivity contribution is 6.15. The van der Waals surface area contributed by atoms with E-state index in [-0.39, 0.29) is 24.6 Å². The molecule has 0 radical (unpaired) electrons. The Morgan fingerprint density at radius 1 is 0.842 bits per heavy atom. The summed E-state index contributed by atoms with van der Waals surface area (Å²) >= 11 is 0. The Hall–Kier alpha value is -2.70. The van der Waals surface area contributed by atoms with E-state index in [4.69, 9.17) is 0 Å². The van der Waals surface area contributed by atoms with Gasteiger partial charge < -0.3 is 10.4 Å². The van der Waals surface area contributed by atoms with Crippen molar-refractivity contribution in [1.29, 1.82) is 0 Å². The number of para-hydroxylation sites is 1. The number of anilines is 1. The number of nitrogens with zero attached hydrogens (tertiary/aromatic N) is 2. The van der Waals surface area contributed by atoms with Crippen LogP contribution in [0.3, 0.4) is 0 Å². The van der Waals surface area contributed by atoms with Crippen LogP contribution in [0.2, 0.25) is 0 Å². The van der Waals surface area contributed by atoms with Crippen molar-refractivity contribution in [3.05, 3.63) is 30.3 Å². The second-order valence-electron chi connectivity index (χ2n) is 10.6. The van der Waals surface area contributed by atoms with Crippen LogP contribution >= 0.6 is 0 Å². The molecule has 1 aliphatic heterocycles. The molecule has 0 saturated carbocycles. The van der Waals surface area contributed by atoms with E-state index in [1.165, 1.54) is 88.5 Å². The fraction of sp³-hybridized carbons (Fsp3) is 0.677. The summed E-state index contributed by atoms with van der Waals surface area (Å²) in [5, 5.41) is 17.7. The largest absolute Gasteiger partial charge is 0.481 e. The highest BCUT2D eigenvalue weighted by atomic mass is 16.4. The van der Waals surface area contributed by atoms with Crippen LogP contribution in [0.4, 0.5) is 5.69 Å². The summed E-state index contributed by atoms with van der Waals surface area (Å²) in [6, 6.07) is 9.01. The predicted octanol–water partition coefficient (Wildman–Crippen LogP) is 7.60. The van der Waals surface area contributed by atoms with E-state index in [0.717, 1.165) is 19.3 Å². The number of carboxylic acid groups (broad SMARTS) is 1. The van der Waals surface area contributed by atoms with Gasteiger partial charge >= 0.3 is 5.97 Å². The molecule has 2 amide bonds. The van der Waals surface area contributed by atoms with Gasteiger partial charge in [-0.3, -0.25) is 14.4 Å². The maximum Gasteiger partial charge on any atom is 0.307 e. The number of hydrogen-bond donors (Lipinski definition) is 2. The molecule has 1 aromatic rings. The molecule has 1 aliphatic rings. The molecular weight excluding hydrogens is 478 g/mol. The van der Waals surface area contributed by atoms with E-state index >= 15 is 0 Å². The summed E-state index contributed by atoms with van der Waals surface area (Å²) in [4.78, 5) is 36.4. The number of hydrogen-bond acceptors (Lipinski definition) is 4. The van der Waals surface area contributed by atoms with Crippen molar-refractivity contribution in [2.24, 2.45) is 11.0 Å². The number of nitrogens with one attached hydrogen (secondary N) is 1. The standard InChI is InChI=1S/C31H49N3O4/c1-2-3-4-5-6-7-8-9-10-11-12-13-14-15-16-18-21-26(31(37)38)24-29(35)32-28-25-30(36)34(33-28)27-22-19-17-20-23-27/h17,19-20,22-23,26H,2-16,18,21,24-25H2,1H3,(H,37,38)(H,32,33,35)/t26-/m0/s1. The fourth-order valence-electron chi connectivity index (χ4n) is 4.96. The Morgan fingerprint density at radius 3 is 1.84 bits per heavy atom. The molecule has 0 aromatic heterocycles. The van der Waals surface area contributed by atoms with Gasteiger partial charge in [0.25, 0.3) is 5.91 Å². The predicted molar refractivity (Wildman–Crippen MR) is 154 cm³/mol. The highest BCUT2D eigenvalue weighted by Gasteiger charge is 2.28. The van der Waals surface area contributed by atoms with Gasteiger partial charge in [-0.1, -0.05) is 128 Å². The average Bonchev–Trinajstić information content (AvgIpc) is 3.27. The molecule has 2 rings (SSSR count). The van der Waals surface area contributed by atoms with Crippen LogP contribution in [0, 0.1) is 5.92 Å². The van der Waals surface area contributed by atoms with Gasteiger partial charge in [-0.25, -0.2) is 0 Å². The summed E-state index contributed by atoms with van der Waals surface area (Å²) in [5.74, 6) is -2.04. The van der Waals surface area contributed by atoms with Crippen LogP contribution in [-0.2, 0) is 14.4 Å². The molecule has 1 atom stereocenters. The first-order valence-electron chi connectivity index (χ1n) is 15.0. The summed E-state index contributed by atoms with van der Waals surface area (Å²) < 4.78 is 0. The van der Waals surface area contributed by atoms with Gasteiger partial charge in [0, 0.05) is 6.42 Å². The van der Waals surface area contributed by atoms with Gasteiger partial charge in [-0.05, 0) is 18.6 Å². The van der Waals surface area contributed by atoms with Gasteiger partial charge in [-0.15, -0.1) is 0 Å². The minimum atomic E-state index is -0.948. The van der Waals surface area contributed by atoms with E-state index in [0.29, 0.717) is 12.1 Å². The second kappa shape index (κ2) is 19.4. The van der Waals surface area contributed by atoms with Gasteiger partial charge in [0.15, 0.2) is 0 Å². The quantitative estimate of drug-likeness (QED) is 0.161. The minimum absolute atomic E-state index is 0.00248. The first-order valence-corrected chi connectivity index (χ1v) is 15.0. The van der Waals surface area contributed by atoms with Crippen molar-refractivity contribution < 1.29 is 19.5 Å². The molecule has 0 aliphatic carbocycles. The van der Waals surface area contributed by atoms with Gasteiger partial charge in [0.05, 0.1) is 18.0 Å². The van der Waals surface area contributed by atoms with Crippen molar-refractivity contribution in [2.45, 2.75) is 129 Å². The molecule has 0 bridgehead atoms. The van der Waals surface area contributed by atoms with Crippen molar-refractivity contribution in [2.75, 3.05) is 5.01 Å². The number of amides is 2. The molecule has 1 heterocycles. The first-order chi connectivity index (χ1) is 18.5. The number of carbonyl (C=O) groups excluding carboxylic acids is 2. The highest BCUT2D eigenvalue weighted by Crippen LogP contribution is 2.20. The van der Waals surface area contributed by atoms with E-state index in [1.54, 1.807) is 12.1 Å². The Bertz CT molecular complexity index is 856. The molecule has 0 saturated heterocycles. The Morgan fingerprint density at radius 2 is 1.34 bits per heavy atom. The molecular formula is C31H49N3O4. The summed E-state index contributed by atoms with van der Waals surface area (Å²) in [6.07, 6.45) is 20.8. The van der Waals surface area contributed by atoms with Crippen LogP contribution in [0.25, 0.3) is 0 Å². The summed E-state index contributed by atoms with van der Waals surface area (Å²) in [5.41, 5.74) is 0.633. The fourth-order valence-corrected chi connectivity index (χ4v) is 4.96. The third-order valence-corrected chi connectivity index (χ3v) is 7.25. The number of carbonyl (C=O) groups is 3. The minimum Gasteiger partial charge on any atom is -0.481 e. The van der Waals surface area contributed by atoms with Crippen molar-refractivity contribution in [3.63, 3.8) is 0 Å². The Labute approximate surface area is 229 Å². The molecule has 2 N–H and O–H groups in total. The summed E-state index contributed by atoms with van der Waals surface area (Å²) in [6.45, 7) is 2.26. The first kappa shape index (κ1) is 31.5. The van der Waals surface area contributed by atoms with Crippen molar-refractivity contribution >= 4 is 29.3 Å². The molecule has 212 valence electrons. The number of amidine groups is 1. The lowest BCUT2D eigenvalue weighted by Crippen LogP contribution is -2.32. The lowest BCUT2D eigenvalue weighted by molar-refractivity contribution is -0.144. The smallest absolute Gasteiger partial charge is 0.307 e. The normalized spacial score (nSPS) is 14.0. The molecule has 0 unspecified atom stereocenters. The van der Waals surface area contributed by atoms with Gasteiger partial charge in [0.2, 0.25) is 5.91 Å².